The van der Waals surface area contributed by atoms with E-state index in [2.05, 4.69) is 15.2 Å². The highest BCUT2D eigenvalue weighted by Gasteiger charge is 2.23. The fourth-order valence-corrected chi connectivity index (χ4v) is 3.95. The molecule has 1 aliphatic heterocycles. The highest BCUT2D eigenvalue weighted by Crippen LogP contribution is 2.23. The lowest BCUT2D eigenvalue weighted by atomic mass is 10.2. The van der Waals surface area contributed by atoms with E-state index in [9.17, 15) is 9.18 Å². The zero-order chi connectivity index (χ0) is 20.2. The van der Waals surface area contributed by atoms with Crippen molar-refractivity contribution in [2.45, 2.75) is 5.16 Å². The third-order valence-corrected chi connectivity index (χ3v) is 5.66. The molecule has 0 atom stereocenters. The fraction of sp³-hybridized carbons (Fsp3) is 0.263. The first kappa shape index (κ1) is 19.2. The topological polar surface area (TPSA) is 93.2 Å². The number of carbonyl (C=O) groups excluding carboxylic acids is 1. The molecule has 1 aromatic carbocycles. The van der Waals surface area contributed by atoms with E-state index in [1.165, 1.54) is 22.5 Å². The third kappa shape index (κ3) is 4.16. The van der Waals surface area contributed by atoms with Crippen molar-refractivity contribution in [2.24, 2.45) is 0 Å². The summed E-state index contributed by atoms with van der Waals surface area (Å²) in [6.45, 7) is 2.28. The average Bonchev–Trinajstić information content (AvgIpc) is 3.13. The predicted molar refractivity (Wildman–Crippen MR) is 109 cm³/mol. The van der Waals surface area contributed by atoms with Crippen LogP contribution in [0.3, 0.4) is 0 Å². The van der Waals surface area contributed by atoms with Gasteiger partial charge in [-0.1, -0.05) is 23.9 Å². The first-order chi connectivity index (χ1) is 14.1. The number of halogens is 1. The zero-order valence-electron chi connectivity index (χ0n) is 15.6. The molecule has 150 valence electrons. The molecule has 0 bridgehead atoms. The number of aromatic nitrogens is 4. The maximum Gasteiger partial charge on any atom is 0.233 e. The van der Waals surface area contributed by atoms with Crippen molar-refractivity contribution in [1.29, 1.82) is 0 Å². The van der Waals surface area contributed by atoms with Gasteiger partial charge in [-0.2, -0.15) is 0 Å². The van der Waals surface area contributed by atoms with Gasteiger partial charge in [-0.3, -0.25) is 9.78 Å². The second-order valence-corrected chi connectivity index (χ2v) is 7.47. The van der Waals surface area contributed by atoms with Crippen LogP contribution < -0.4 is 10.7 Å². The molecule has 1 fully saturated rings. The summed E-state index contributed by atoms with van der Waals surface area (Å²) in [5.74, 6) is 6.53. The fourth-order valence-electron chi connectivity index (χ4n) is 3.19. The van der Waals surface area contributed by atoms with Gasteiger partial charge in [-0.25, -0.2) is 9.07 Å². The van der Waals surface area contributed by atoms with E-state index >= 15 is 0 Å². The van der Waals surface area contributed by atoms with Crippen LogP contribution in [-0.4, -0.2) is 62.6 Å². The van der Waals surface area contributed by atoms with Gasteiger partial charge in [0, 0.05) is 44.1 Å². The van der Waals surface area contributed by atoms with Gasteiger partial charge in [0.2, 0.25) is 11.1 Å². The van der Waals surface area contributed by atoms with Crippen molar-refractivity contribution < 1.29 is 9.18 Å². The van der Waals surface area contributed by atoms with Crippen LogP contribution in [-0.2, 0) is 4.79 Å². The minimum absolute atomic E-state index is 0.00545. The molecule has 0 radical (unpaired) electrons. The van der Waals surface area contributed by atoms with Gasteiger partial charge in [-0.05, 0) is 24.3 Å². The lowest BCUT2D eigenvalue weighted by Crippen LogP contribution is -2.49. The van der Waals surface area contributed by atoms with Gasteiger partial charge < -0.3 is 15.6 Å². The van der Waals surface area contributed by atoms with Crippen LogP contribution in [0.15, 0.2) is 53.9 Å². The molecule has 4 rings (SSSR count). The maximum atomic E-state index is 13.9. The van der Waals surface area contributed by atoms with Crippen molar-refractivity contribution in [3.05, 3.63) is 54.6 Å². The summed E-state index contributed by atoms with van der Waals surface area (Å²) in [7, 11) is 0. The molecular formula is C19H20FN7OS. The monoisotopic (exact) mass is 413 g/mol. The summed E-state index contributed by atoms with van der Waals surface area (Å²) in [5, 5.41) is 8.62. The smallest absolute Gasteiger partial charge is 0.233 e. The van der Waals surface area contributed by atoms with Crippen LogP contribution in [0.5, 0.6) is 0 Å². The number of thioether (sulfide) groups is 1. The van der Waals surface area contributed by atoms with Crippen LogP contribution in [0, 0.1) is 5.82 Å². The molecule has 2 aromatic heterocycles. The van der Waals surface area contributed by atoms with Crippen LogP contribution in [0.1, 0.15) is 0 Å². The molecule has 1 saturated heterocycles. The number of carbonyl (C=O) groups is 1. The Morgan fingerprint density at radius 3 is 2.62 bits per heavy atom. The number of nitrogen functional groups attached to an aromatic ring is 1. The number of benzene rings is 1. The molecule has 1 amide bonds. The Morgan fingerprint density at radius 1 is 1.10 bits per heavy atom. The number of hydrogen-bond acceptors (Lipinski definition) is 7. The van der Waals surface area contributed by atoms with Crippen LogP contribution in [0.4, 0.5) is 10.1 Å². The molecular weight excluding hydrogens is 393 g/mol. The number of para-hydroxylation sites is 1. The Hall–Kier alpha value is -3.14. The first-order valence-electron chi connectivity index (χ1n) is 9.14. The number of piperazine rings is 1. The molecule has 10 heteroatoms. The number of rotatable bonds is 5. The molecule has 0 unspecified atom stereocenters. The number of nitrogens with two attached hydrogens (primary N) is 1. The second kappa shape index (κ2) is 8.48. The normalized spacial score (nSPS) is 14.2. The van der Waals surface area contributed by atoms with Gasteiger partial charge in [-0.15, -0.1) is 10.2 Å². The summed E-state index contributed by atoms with van der Waals surface area (Å²) < 4.78 is 15.3. The highest BCUT2D eigenvalue weighted by atomic mass is 32.2. The number of anilines is 1. The van der Waals surface area contributed by atoms with Crippen molar-refractivity contribution in [3.8, 4) is 11.4 Å². The zero-order valence-corrected chi connectivity index (χ0v) is 16.4. The van der Waals surface area contributed by atoms with Crippen molar-refractivity contribution in [1.82, 2.24) is 24.8 Å². The molecule has 3 aromatic rings. The van der Waals surface area contributed by atoms with Gasteiger partial charge in [0.25, 0.3) is 0 Å². The molecule has 3 heterocycles. The Bertz CT molecular complexity index is 989. The SMILES string of the molecule is Nn1c(SCC(=O)N2CCN(c3ccccc3F)CC2)nnc1-c1cccnc1. The van der Waals surface area contributed by atoms with Crippen molar-refractivity contribution in [3.63, 3.8) is 0 Å². The molecule has 8 nitrogen and oxygen atoms in total. The Balaban J connectivity index is 1.32. The van der Waals surface area contributed by atoms with Crippen LogP contribution >= 0.6 is 11.8 Å². The van der Waals surface area contributed by atoms with Gasteiger partial charge in [0.05, 0.1) is 11.4 Å². The molecule has 29 heavy (non-hydrogen) atoms. The van der Waals surface area contributed by atoms with E-state index in [0.29, 0.717) is 42.8 Å². The molecule has 2 N–H and O–H groups in total. The Labute approximate surface area is 171 Å². The van der Waals surface area contributed by atoms with E-state index in [4.69, 9.17) is 5.84 Å². The van der Waals surface area contributed by atoms with Gasteiger partial charge >= 0.3 is 0 Å². The minimum atomic E-state index is -0.241. The van der Waals surface area contributed by atoms with Crippen LogP contribution in [0.25, 0.3) is 11.4 Å². The molecule has 0 saturated carbocycles. The summed E-state index contributed by atoms with van der Waals surface area (Å²) in [5.41, 5.74) is 1.33. The second-order valence-electron chi connectivity index (χ2n) is 6.53. The van der Waals surface area contributed by atoms with E-state index in [0.717, 1.165) is 5.56 Å². The summed E-state index contributed by atoms with van der Waals surface area (Å²) >= 11 is 1.24. The van der Waals surface area contributed by atoms with E-state index in [1.54, 1.807) is 35.5 Å². The quantitative estimate of drug-likeness (QED) is 0.502. The standard InChI is InChI=1S/C19H20FN7OS/c20-15-5-1-2-6-16(15)25-8-10-26(11-9-25)17(28)13-29-19-24-23-18(27(19)21)14-4-3-7-22-12-14/h1-7,12H,8-11,13,21H2. The first-order valence-corrected chi connectivity index (χ1v) is 10.1. The van der Waals surface area contributed by atoms with E-state index in [1.807, 2.05) is 17.0 Å². The van der Waals surface area contributed by atoms with Crippen molar-refractivity contribution >= 4 is 23.4 Å². The number of nitrogens with zero attached hydrogens (tertiary/aromatic N) is 6. The molecule has 0 aliphatic carbocycles. The molecule has 0 spiro atoms. The Kier molecular flexibility index (Phi) is 5.61. The summed E-state index contributed by atoms with van der Waals surface area (Å²) in [6.07, 6.45) is 3.32. The highest BCUT2D eigenvalue weighted by molar-refractivity contribution is 7.99. The summed E-state index contributed by atoms with van der Waals surface area (Å²) in [6, 6.07) is 10.3. The van der Waals surface area contributed by atoms with Crippen LogP contribution in [0.2, 0.25) is 0 Å². The van der Waals surface area contributed by atoms with Crippen molar-refractivity contribution in [2.75, 3.05) is 42.7 Å². The van der Waals surface area contributed by atoms with Gasteiger partial charge in [0.1, 0.15) is 5.82 Å². The number of pyridine rings is 1. The lowest BCUT2D eigenvalue weighted by molar-refractivity contribution is -0.128. The largest absolute Gasteiger partial charge is 0.366 e. The predicted octanol–water partition coefficient (Wildman–Crippen LogP) is 1.63. The number of hydrogen-bond donors (Lipinski definition) is 1. The summed E-state index contributed by atoms with van der Waals surface area (Å²) in [4.78, 5) is 20.4. The average molecular weight is 413 g/mol. The molecule has 1 aliphatic rings. The lowest BCUT2D eigenvalue weighted by Gasteiger charge is -2.36. The van der Waals surface area contributed by atoms with E-state index < -0.39 is 0 Å². The Morgan fingerprint density at radius 2 is 1.90 bits per heavy atom. The van der Waals surface area contributed by atoms with E-state index in [-0.39, 0.29) is 17.5 Å². The number of amides is 1. The van der Waals surface area contributed by atoms with Gasteiger partial charge in [0.15, 0.2) is 5.82 Å². The minimum Gasteiger partial charge on any atom is -0.366 e. The maximum absolute atomic E-state index is 13.9. The third-order valence-electron chi connectivity index (χ3n) is 4.73.